The van der Waals surface area contributed by atoms with Gasteiger partial charge < -0.3 is 9.40 Å². The molecule has 0 amide bonds. The van der Waals surface area contributed by atoms with E-state index in [9.17, 15) is 4.79 Å². The number of hydrogen-bond donors (Lipinski definition) is 1. The number of para-hydroxylation sites is 1. The first kappa shape index (κ1) is 10.1. The number of H-pyrrole nitrogens is 1. The lowest BCUT2D eigenvalue weighted by molar-refractivity contribution is 0.627. The summed E-state index contributed by atoms with van der Waals surface area (Å²) in [7, 11) is 0. The fourth-order valence-corrected chi connectivity index (χ4v) is 1.89. The molecule has 0 saturated heterocycles. The third-order valence-electron chi connectivity index (χ3n) is 2.44. The van der Waals surface area contributed by atoms with Crippen molar-refractivity contribution < 1.29 is 4.42 Å². The predicted molar refractivity (Wildman–Crippen MR) is 65.1 cm³/mol. The Morgan fingerprint density at radius 3 is 3.00 bits per heavy atom. The number of hydrogen-bond acceptors (Lipinski definition) is 3. The minimum absolute atomic E-state index is 0.250. The van der Waals surface area contributed by atoms with Crippen molar-refractivity contribution >= 4 is 22.6 Å². The highest BCUT2D eigenvalue weighted by Gasteiger charge is 2.12. The molecule has 0 atom stereocenters. The number of halogens is 1. The van der Waals surface area contributed by atoms with E-state index >= 15 is 0 Å². The van der Waals surface area contributed by atoms with Crippen molar-refractivity contribution in [1.29, 1.82) is 0 Å². The van der Waals surface area contributed by atoms with Crippen molar-refractivity contribution in [3.8, 4) is 11.5 Å². The zero-order chi connectivity index (χ0) is 11.8. The van der Waals surface area contributed by atoms with E-state index < -0.39 is 0 Å². The van der Waals surface area contributed by atoms with Crippen LogP contribution in [0.1, 0.15) is 0 Å². The SMILES string of the molecule is O=c1[nH]ccnc1-c1cc2cccc(Cl)c2o1. The van der Waals surface area contributed by atoms with Crippen molar-refractivity contribution in [3.63, 3.8) is 0 Å². The average molecular weight is 247 g/mol. The van der Waals surface area contributed by atoms with E-state index in [1.807, 2.05) is 12.1 Å². The Balaban J connectivity index is 2.30. The van der Waals surface area contributed by atoms with E-state index in [4.69, 9.17) is 16.0 Å². The molecule has 3 rings (SSSR count). The lowest BCUT2D eigenvalue weighted by Gasteiger charge is -1.92. The molecule has 2 heterocycles. The van der Waals surface area contributed by atoms with Gasteiger partial charge in [-0.1, -0.05) is 23.7 Å². The second-order valence-corrected chi connectivity index (χ2v) is 3.94. The maximum absolute atomic E-state index is 11.6. The van der Waals surface area contributed by atoms with E-state index in [1.165, 1.54) is 12.4 Å². The Morgan fingerprint density at radius 1 is 1.35 bits per heavy atom. The molecular formula is C12H7ClN2O2. The summed E-state index contributed by atoms with van der Waals surface area (Å²) < 4.78 is 5.55. The van der Waals surface area contributed by atoms with Crippen LogP contribution in [-0.2, 0) is 0 Å². The van der Waals surface area contributed by atoms with Gasteiger partial charge in [0.05, 0.1) is 5.02 Å². The van der Waals surface area contributed by atoms with Crippen LogP contribution in [-0.4, -0.2) is 9.97 Å². The molecule has 1 N–H and O–H groups in total. The van der Waals surface area contributed by atoms with Gasteiger partial charge in [0, 0.05) is 17.8 Å². The third kappa shape index (κ3) is 1.62. The lowest BCUT2D eigenvalue weighted by atomic mass is 10.2. The van der Waals surface area contributed by atoms with Gasteiger partial charge in [0.2, 0.25) is 0 Å². The van der Waals surface area contributed by atoms with Gasteiger partial charge in [-0.05, 0) is 12.1 Å². The highest BCUT2D eigenvalue weighted by molar-refractivity contribution is 6.34. The average Bonchev–Trinajstić information content (AvgIpc) is 2.75. The summed E-state index contributed by atoms with van der Waals surface area (Å²) in [6.07, 6.45) is 2.98. The number of nitrogens with one attached hydrogen (secondary N) is 1. The molecule has 4 nitrogen and oxygen atoms in total. The molecular weight excluding hydrogens is 240 g/mol. The summed E-state index contributed by atoms with van der Waals surface area (Å²) in [6, 6.07) is 7.18. The molecule has 0 aliphatic rings. The minimum Gasteiger partial charge on any atom is -0.453 e. The molecule has 1 aromatic carbocycles. The lowest BCUT2D eigenvalue weighted by Crippen LogP contribution is -2.08. The standard InChI is InChI=1S/C12H7ClN2O2/c13-8-3-1-2-7-6-9(17-11(7)8)10-12(16)15-5-4-14-10/h1-6H,(H,15,16). The van der Waals surface area contributed by atoms with Crippen LogP contribution in [0.25, 0.3) is 22.4 Å². The molecule has 0 unspecified atom stereocenters. The minimum atomic E-state index is -0.289. The first-order valence-electron chi connectivity index (χ1n) is 4.98. The van der Waals surface area contributed by atoms with Crippen LogP contribution in [0.5, 0.6) is 0 Å². The molecule has 0 radical (unpaired) electrons. The van der Waals surface area contributed by atoms with Crippen LogP contribution in [0.15, 0.2) is 45.9 Å². The second kappa shape index (κ2) is 3.75. The Kier molecular flexibility index (Phi) is 2.23. The van der Waals surface area contributed by atoms with Crippen molar-refractivity contribution in [2.45, 2.75) is 0 Å². The summed E-state index contributed by atoms with van der Waals surface area (Å²) >= 11 is 6.00. The van der Waals surface area contributed by atoms with Crippen molar-refractivity contribution in [2.75, 3.05) is 0 Å². The van der Waals surface area contributed by atoms with Crippen molar-refractivity contribution in [2.24, 2.45) is 0 Å². The maximum atomic E-state index is 11.6. The molecule has 84 valence electrons. The van der Waals surface area contributed by atoms with E-state index in [0.29, 0.717) is 16.4 Å². The van der Waals surface area contributed by atoms with Gasteiger partial charge >= 0.3 is 0 Å². The fraction of sp³-hybridized carbons (Fsp3) is 0. The number of furan rings is 1. The van der Waals surface area contributed by atoms with Crippen LogP contribution >= 0.6 is 11.6 Å². The fourth-order valence-electron chi connectivity index (χ4n) is 1.67. The van der Waals surface area contributed by atoms with Crippen molar-refractivity contribution in [3.05, 3.63) is 52.0 Å². The Labute approximate surface area is 101 Å². The van der Waals surface area contributed by atoms with Crippen LogP contribution in [0, 0.1) is 0 Å². The smallest absolute Gasteiger partial charge is 0.277 e. The monoisotopic (exact) mass is 246 g/mol. The van der Waals surface area contributed by atoms with Gasteiger partial charge in [-0.3, -0.25) is 4.79 Å². The van der Waals surface area contributed by atoms with Crippen LogP contribution in [0.2, 0.25) is 5.02 Å². The molecule has 0 spiro atoms. The molecule has 0 saturated carbocycles. The largest absolute Gasteiger partial charge is 0.453 e. The molecule has 0 aliphatic heterocycles. The third-order valence-corrected chi connectivity index (χ3v) is 2.73. The van der Waals surface area contributed by atoms with Crippen LogP contribution in [0.3, 0.4) is 0 Å². The van der Waals surface area contributed by atoms with E-state index in [-0.39, 0.29) is 11.3 Å². The molecule has 2 aromatic heterocycles. The zero-order valence-electron chi connectivity index (χ0n) is 8.61. The summed E-state index contributed by atoms with van der Waals surface area (Å²) in [4.78, 5) is 18.1. The molecule has 0 aliphatic carbocycles. The molecule has 0 bridgehead atoms. The number of fused-ring (bicyclic) bond motifs is 1. The molecule has 3 aromatic rings. The summed E-state index contributed by atoms with van der Waals surface area (Å²) in [5, 5.41) is 1.36. The highest BCUT2D eigenvalue weighted by Crippen LogP contribution is 2.29. The first-order valence-corrected chi connectivity index (χ1v) is 5.35. The number of aromatic nitrogens is 2. The van der Waals surface area contributed by atoms with Gasteiger partial charge in [0.1, 0.15) is 0 Å². The number of aromatic amines is 1. The molecule has 0 fully saturated rings. The van der Waals surface area contributed by atoms with E-state index in [0.717, 1.165) is 5.39 Å². The van der Waals surface area contributed by atoms with Crippen LogP contribution < -0.4 is 5.56 Å². The number of nitrogens with zero attached hydrogens (tertiary/aromatic N) is 1. The topological polar surface area (TPSA) is 58.9 Å². The van der Waals surface area contributed by atoms with Gasteiger partial charge in [0.25, 0.3) is 5.56 Å². The number of benzene rings is 1. The second-order valence-electron chi connectivity index (χ2n) is 3.54. The van der Waals surface area contributed by atoms with Gasteiger partial charge in [-0.15, -0.1) is 0 Å². The normalized spacial score (nSPS) is 10.9. The quantitative estimate of drug-likeness (QED) is 0.718. The zero-order valence-corrected chi connectivity index (χ0v) is 9.36. The van der Waals surface area contributed by atoms with E-state index in [2.05, 4.69) is 9.97 Å². The number of rotatable bonds is 1. The van der Waals surface area contributed by atoms with Crippen LogP contribution in [0.4, 0.5) is 0 Å². The van der Waals surface area contributed by atoms with Gasteiger partial charge in [-0.25, -0.2) is 4.98 Å². The summed E-state index contributed by atoms with van der Waals surface area (Å²) in [5.74, 6) is 0.412. The van der Waals surface area contributed by atoms with Gasteiger partial charge in [-0.2, -0.15) is 0 Å². The van der Waals surface area contributed by atoms with E-state index in [1.54, 1.807) is 12.1 Å². The van der Waals surface area contributed by atoms with Crippen molar-refractivity contribution in [1.82, 2.24) is 9.97 Å². The first-order chi connectivity index (χ1) is 8.25. The highest BCUT2D eigenvalue weighted by atomic mass is 35.5. The Hall–Kier alpha value is -2.07. The predicted octanol–water partition coefficient (Wildman–Crippen LogP) is 2.84. The Bertz CT molecular complexity index is 745. The maximum Gasteiger partial charge on any atom is 0.277 e. The Morgan fingerprint density at radius 2 is 2.24 bits per heavy atom. The summed E-state index contributed by atoms with van der Waals surface area (Å²) in [6.45, 7) is 0. The summed E-state index contributed by atoms with van der Waals surface area (Å²) in [5.41, 5.74) is 0.525. The van der Waals surface area contributed by atoms with Gasteiger partial charge in [0.15, 0.2) is 17.0 Å². The molecule has 5 heteroatoms. The molecule has 17 heavy (non-hydrogen) atoms.